The quantitative estimate of drug-likeness (QED) is 0.824. The Hall–Kier alpha value is -1.75. The molecule has 1 aromatic rings. The summed E-state index contributed by atoms with van der Waals surface area (Å²) in [6.45, 7) is 4.36. The van der Waals surface area contributed by atoms with Crippen LogP contribution in [0.2, 0.25) is 0 Å². The summed E-state index contributed by atoms with van der Waals surface area (Å²) < 4.78 is 10.4. The van der Waals surface area contributed by atoms with Crippen molar-refractivity contribution in [1.29, 1.82) is 0 Å². The minimum absolute atomic E-state index is 0.105. The lowest BCUT2D eigenvalue weighted by atomic mass is 9.82. The van der Waals surface area contributed by atoms with Gasteiger partial charge in [0, 0.05) is 25.3 Å². The van der Waals surface area contributed by atoms with Gasteiger partial charge in [0.1, 0.15) is 5.75 Å². The third-order valence-electron chi connectivity index (χ3n) is 3.87. The van der Waals surface area contributed by atoms with Crippen LogP contribution in [-0.4, -0.2) is 32.8 Å². The SMILES string of the molecule is COc1ccc(C(=O)NCC2(C)CCOCC2)cc1N. The Labute approximate surface area is 119 Å². The number of nitrogens with one attached hydrogen (secondary N) is 1. The molecule has 1 amide bonds. The Bertz CT molecular complexity index is 482. The van der Waals surface area contributed by atoms with Crippen molar-refractivity contribution >= 4 is 11.6 Å². The number of nitrogen functional groups attached to an aromatic ring is 1. The number of methoxy groups -OCH3 is 1. The molecule has 0 saturated carbocycles. The van der Waals surface area contributed by atoms with E-state index < -0.39 is 0 Å². The monoisotopic (exact) mass is 278 g/mol. The number of nitrogens with two attached hydrogens (primary N) is 1. The Morgan fingerprint density at radius 3 is 2.75 bits per heavy atom. The van der Waals surface area contributed by atoms with Gasteiger partial charge < -0.3 is 20.5 Å². The van der Waals surface area contributed by atoms with Crippen molar-refractivity contribution in [3.63, 3.8) is 0 Å². The predicted molar refractivity (Wildman–Crippen MR) is 77.9 cm³/mol. The number of rotatable bonds is 4. The van der Waals surface area contributed by atoms with E-state index in [1.165, 1.54) is 0 Å². The number of carbonyl (C=O) groups is 1. The summed E-state index contributed by atoms with van der Waals surface area (Å²) in [5.41, 5.74) is 6.95. The van der Waals surface area contributed by atoms with Gasteiger partial charge in [-0.1, -0.05) is 6.92 Å². The minimum Gasteiger partial charge on any atom is -0.495 e. The van der Waals surface area contributed by atoms with Gasteiger partial charge in [0.2, 0.25) is 0 Å². The maximum absolute atomic E-state index is 12.1. The van der Waals surface area contributed by atoms with Crippen LogP contribution >= 0.6 is 0 Å². The van der Waals surface area contributed by atoms with E-state index in [1.54, 1.807) is 25.3 Å². The van der Waals surface area contributed by atoms with E-state index in [0.29, 0.717) is 23.5 Å². The fourth-order valence-corrected chi connectivity index (χ4v) is 2.31. The van der Waals surface area contributed by atoms with Gasteiger partial charge in [-0.25, -0.2) is 0 Å². The average molecular weight is 278 g/mol. The second-order valence-electron chi connectivity index (χ2n) is 5.56. The van der Waals surface area contributed by atoms with Crippen molar-refractivity contribution in [3.8, 4) is 5.75 Å². The lowest BCUT2D eigenvalue weighted by Crippen LogP contribution is -2.39. The molecule has 1 heterocycles. The van der Waals surface area contributed by atoms with Crippen LogP contribution in [-0.2, 0) is 4.74 Å². The lowest BCUT2D eigenvalue weighted by Gasteiger charge is -2.33. The highest BCUT2D eigenvalue weighted by atomic mass is 16.5. The van der Waals surface area contributed by atoms with E-state index in [2.05, 4.69) is 12.2 Å². The third kappa shape index (κ3) is 3.42. The van der Waals surface area contributed by atoms with Crippen molar-refractivity contribution in [3.05, 3.63) is 23.8 Å². The maximum Gasteiger partial charge on any atom is 0.251 e. The largest absolute Gasteiger partial charge is 0.495 e. The molecule has 0 bridgehead atoms. The first-order valence-corrected chi connectivity index (χ1v) is 6.83. The fourth-order valence-electron chi connectivity index (χ4n) is 2.31. The normalized spacial score (nSPS) is 17.5. The van der Waals surface area contributed by atoms with Gasteiger partial charge in [0.05, 0.1) is 12.8 Å². The van der Waals surface area contributed by atoms with E-state index in [4.69, 9.17) is 15.2 Å². The highest BCUT2D eigenvalue weighted by Crippen LogP contribution is 2.29. The molecule has 1 aliphatic rings. The Balaban J connectivity index is 1.96. The number of ether oxygens (including phenoxy) is 2. The van der Waals surface area contributed by atoms with Crippen molar-refractivity contribution in [2.45, 2.75) is 19.8 Å². The molecule has 5 heteroatoms. The Morgan fingerprint density at radius 1 is 1.45 bits per heavy atom. The van der Waals surface area contributed by atoms with Crippen LogP contribution in [0.15, 0.2) is 18.2 Å². The molecule has 110 valence electrons. The zero-order valence-corrected chi connectivity index (χ0v) is 12.1. The lowest BCUT2D eigenvalue weighted by molar-refractivity contribution is 0.0238. The van der Waals surface area contributed by atoms with Crippen LogP contribution < -0.4 is 15.8 Å². The molecule has 0 unspecified atom stereocenters. The molecule has 1 aromatic carbocycles. The van der Waals surface area contributed by atoms with Crippen molar-refractivity contribution in [2.75, 3.05) is 32.6 Å². The number of hydrogen-bond acceptors (Lipinski definition) is 4. The van der Waals surface area contributed by atoms with Crippen LogP contribution in [0.1, 0.15) is 30.1 Å². The summed E-state index contributed by atoms with van der Waals surface area (Å²) in [4.78, 5) is 12.1. The van der Waals surface area contributed by atoms with Crippen LogP contribution in [0.25, 0.3) is 0 Å². The van der Waals surface area contributed by atoms with Gasteiger partial charge >= 0.3 is 0 Å². The molecule has 1 fully saturated rings. The number of benzene rings is 1. The summed E-state index contributed by atoms with van der Waals surface area (Å²) in [7, 11) is 1.55. The summed E-state index contributed by atoms with van der Waals surface area (Å²) in [5.74, 6) is 0.477. The molecular weight excluding hydrogens is 256 g/mol. The van der Waals surface area contributed by atoms with Crippen molar-refractivity contribution < 1.29 is 14.3 Å². The maximum atomic E-state index is 12.1. The van der Waals surface area contributed by atoms with E-state index in [1.807, 2.05) is 0 Å². The van der Waals surface area contributed by atoms with Gasteiger partial charge in [-0.2, -0.15) is 0 Å². The van der Waals surface area contributed by atoms with Crippen molar-refractivity contribution in [1.82, 2.24) is 5.32 Å². The van der Waals surface area contributed by atoms with Crippen LogP contribution in [0.5, 0.6) is 5.75 Å². The summed E-state index contributed by atoms with van der Waals surface area (Å²) >= 11 is 0. The third-order valence-corrected chi connectivity index (χ3v) is 3.87. The number of hydrogen-bond donors (Lipinski definition) is 2. The van der Waals surface area contributed by atoms with Crippen LogP contribution in [0.3, 0.4) is 0 Å². The number of anilines is 1. The smallest absolute Gasteiger partial charge is 0.251 e. The molecule has 0 spiro atoms. The molecule has 0 aliphatic carbocycles. The van der Waals surface area contributed by atoms with Crippen LogP contribution in [0, 0.1) is 5.41 Å². The van der Waals surface area contributed by atoms with E-state index in [9.17, 15) is 4.79 Å². The van der Waals surface area contributed by atoms with Gasteiger partial charge in [-0.15, -0.1) is 0 Å². The second-order valence-corrected chi connectivity index (χ2v) is 5.56. The molecule has 0 radical (unpaired) electrons. The van der Waals surface area contributed by atoms with Crippen molar-refractivity contribution in [2.24, 2.45) is 5.41 Å². The summed E-state index contributed by atoms with van der Waals surface area (Å²) in [5, 5.41) is 2.98. The molecule has 2 rings (SSSR count). The van der Waals surface area contributed by atoms with Gasteiger partial charge in [0.25, 0.3) is 5.91 Å². The second kappa shape index (κ2) is 6.13. The number of carbonyl (C=O) groups excluding carboxylic acids is 1. The Kier molecular flexibility index (Phi) is 4.49. The van der Waals surface area contributed by atoms with Gasteiger partial charge in [-0.3, -0.25) is 4.79 Å². The zero-order valence-electron chi connectivity index (χ0n) is 12.1. The first-order chi connectivity index (χ1) is 9.54. The molecule has 20 heavy (non-hydrogen) atoms. The standard InChI is InChI=1S/C15H22N2O3/c1-15(5-7-20-8-6-15)10-17-14(18)11-3-4-13(19-2)12(16)9-11/h3-4,9H,5-8,10,16H2,1-2H3,(H,17,18). The van der Waals surface area contributed by atoms with Crippen LogP contribution in [0.4, 0.5) is 5.69 Å². The van der Waals surface area contributed by atoms with Gasteiger partial charge in [0.15, 0.2) is 0 Å². The van der Waals surface area contributed by atoms with E-state index in [0.717, 1.165) is 26.1 Å². The zero-order chi connectivity index (χ0) is 14.6. The highest BCUT2D eigenvalue weighted by Gasteiger charge is 2.27. The average Bonchev–Trinajstić information content (AvgIpc) is 2.45. The molecule has 0 atom stereocenters. The number of amides is 1. The van der Waals surface area contributed by atoms with E-state index in [-0.39, 0.29) is 11.3 Å². The molecular formula is C15H22N2O3. The molecule has 0 aromatic heterocycles. The molecule has 1 aliphatic heterocycles. The van der Waals surface area contributed by atoms with E-state index >= 15 is 0 Å². The molecule has 5 nitrogen and oxygen atoms in total. The molecule has 3 N–H and O–H groups in total. The minimum atomic E-state index is -0.105. The first-order valence-electron chi connectivity index (χ1n) is 6.83. The van der Waals surface area contributed by atoms with Gasteiger partial charge in [-0.05, 0) is 36.5 Å². The summed E-state index contributed by atoms with van der Waals surface area (Å²) in [6, 6.07) is 5.07. The predicted octanol–water partition coefficient (Wildman–Crippen LogP) is 1.82. The summed E-state index contributed by atoms with van der Waals surface area (Å²) in [6.07, 6.45) is 1.94. The topological polar surface area (TPSA) is 73.6 Å². The molecule has 1 saturated heterocycles. The fraction of sp³-hybridized carbons (Fsp3) is 0.533. The Morgan fingerprint density at radius 2 is 2.15 bits per heavy atom. The first kappa shape index (κ1) is 14.7. The highest BCUT2D eigenvalue weighted by molar-refractivity contribution is 5.95.